The molecule has 4 nitrogen and oxygen atoms in total. The summed E-state index contributed by atoms with van der Waals surface area (Å²) >= 11 is 3.60. The Kier molecular flexibility index (Phi) is 3.07. The topological polar surface area (TPSA) is 76.8 Å². The van der Waals surface area contributed by atoms with Gasteiger partial charge >= 0.3 is 0 Å². The SMILES string of the molecule is Cc1cc2/c(=N/N)c3c(C)c4c(c(C)c3c2s1)/c(=N\N)c1cc(C)sc14. The van der Waals surface area contributed by atoms with Crippen LogP contribution in [0.4, 0.5) is 0 Å². The summed E-state index contributed by atoms with van der Waals surface area (Å²) in [6.45, 7) is 8.59. The van der Waals surface area contributed by atoms with Crippen LogP contribution < -0.4 is 22.4 Å². The number of aryl methyl sites for hydroxylation is 4. The number of nitrogens with zero attached hydrogens (tertiary/aromatic N) is 2. The van der Waals surface area contributed by atoms with Crippen molar-refractivity contribution in [1.29, 1.82) is 0 Å². The maximum Gasteiger partial charge on any atom is 0.0995 e. The first-order valence-corrected chi connectivity index (χ1v) is 10.1. The Labute approximate surface area is 157 Å². The molecule has 2 aromatic heterocycles. The van der Waals surface area contributed by atoms with Crippen molar-refractivity contribution in [3.05, 3.63) is 43.7 Å². The lowest BCUT2D eigenvalue weighted by Gasteiger charge is -2.06. The number of benzene rings is 1. The molecule has 0 bridgehead atoms. The molecular formula is C20H18N4S2. The summed E-state index contributed by atoms with van der Waals surface area (Å²) in [6, 6.07) is 4.38. The van der Waals surface area contributed by atoms with Crippen LogP contribution in [0.1, 0.15) is 20.9 Å². The van der Waals surface area contributed by atoms with Crippen LogP contribution in [0.2, 0.25) is 0 Å². The third-order valence-corrected chi connectivity index (χ3v) is 7.54. The molecule has 3 aromatic carbocycles. The molecule has 5 aromatic rings. The van der Waals surface area contributed by atoms with Crippen molar-refractivity contribution >= 4 is 64.4 Å². The van der Waals surface area contributed by atoms with Crippen LogP contribution in [0.15, 0.2) is 22.3 Å². The molecule has 0 unspecified atom stereocenters. The van der Waals surface area contributed by atoms with Gasteiger partial charge in [-0.2, -0.15) is 10.2 Å². The van der Waals surface area contributed by atoms with Gasteiger partial charge in [-0.05, 0) is 51.0 Å². The molecule has 4 N–H and O–H groups in total. The van der Waals surface area contributed by atoms with E-state index in [1.54, 1.807) is 22.7 Å². The summed E-state index contributed by atoms with van der Waals surface area (Å²) in [5.41, 5.74) is 2.43. The van der Waals surface area contributed by atoms with Gasteiger partial charge in [0.1, 0.15) is 0 Å². The van der Waals surface area contributed by atoms with E-state index < -0.39 is 0 Å². The van der Waals surface area contributed by atoms with E-state index in [9.17, 15) is 0 Å². The summed E-state index contributed by atoms with van der Waals surface area (Å²) < 4.78 is 2.51. The second-order valence-electron chi connectivity index (χ2n) is 6.91. The fourth-order valence-electron chi connectivity index (χ4n) is 4.45. The first-order chi connectivity index (χ1) is 12.5. The third-order valence-electron chi connectivity index (χ3n) is 5.41. The van der Waals surface area contributed by atoms with E-state index in [4.69, 9.17) is 11.7 Å². The molecule has 130 valence electrons. The Morgan fingerprint density at radius 2 is 1.04 bits per heavy atom. The highest BCUT2D eigenvalue weighted by molar-refractivity contribution is 7.20. The minimum Gasteiger partial charge on any atom is -0.323 e. The number of rotatable bonds is 0. The van der Waals surface area contributed by atoms with Gasteiger partial charge in [0, 0.05) is 51.5 Å². The molecule has 0 spiro atoms. The maximum absolute atomic E-state index is 5.84. The van der Waals surface area contributed by atoms with Crippen LogP contribution in [-0.2, 0) is 0 Å². The maximum atomic E-state index is 5.84. The van der Waals surface area contributed by atoms with Crippen LogP contribution in [0.3, 0.4) is 0 Å². The monoisotopic (exact) mass is 378 g/mol. The molecule has 0 fully saturated rings. The van der Waals surface area contributed by atoms with E-state index in [2.05, 4.69) is 50.0 Å². The smallest absolute Gasteiger partial charge is 0.0995 e. The Bertz CT molecular complexity index is 1370. The van der Waals surface area contributed by atoms with E-state index in [1.165, 1.54) is 51.8 Å². The average Bonchev–Trinajstić information content (AvgIpc) is 3.29. The van der Waals surface area contributed by atoms with Crippen LogP contribution in [0.5, 0.6) is 0 Å². The number of thiophene rings is 2. The van der Waals surface area contributed by atoms with E-state index in [1.807, 2.05) is 0 Å². The normalized spacial score (nSPS) is 14.2. The molecule has 6 heteroatoms. The Morgan fingerprint density at radius 1 is 0.654 bits per heavy atom. The number of nitrogens with two attached hydrogens (primary N) is 2. The molecule has 0 saturated carbocycles. The van der Waals surface area contributed by atoms with Crippen molar-refractivity contribution in [1.82, 2.24) is 0 Å². The van der Waals surface area contributed by atoms with E-state index in [0.717, 1.165) is 21.5 Å². The summed E-state index contributed by atoms with van der Waals surface area (Å²) in [4.78, 5) is 2.53. The van der Waals surface area contributed by atoms with Crippen LogP contribution >= 0.6 is 22.7 Å². The lowest BCUT2D eigenvalue weighted by atomic mass is 9.98. The average molecular weight is 379 g/mol. The summed E-state index contributed by atoms with van der Waals surface area (Å²) in [6.07, 6.45) is 0. The Morgan fingerprint density at radius 3 is 1.38 bits per heavy atom. The van der Waals surface area contributed by atoms with Crippen LogP contribution in [-0.4, -0.2) is 0 Å². The highest BCUT2D eigenvalue weighted by Gasteiger charge is 2.23. The van der Waals surface area contributed by atoms with Crippen molar-refractivity contribution in [2.45, 2.75) is 27.7 Å². The van der Waals surface area contributed by atoms with Gasteiger partial charge < -0.3 is 11.7 Å². The molecular weight excluding hydrogens is 360 g/mol. The largest absolute Gasteiger partial charge is 0.323 e. The van der Waals surface area contributed by atoms with E-state index >= 15 is 0 Å². The Hall–Kier alpha value is -2.44. The van der Waals surface area contributed by atoms with Crippen molar-refractivity contribution < 1.29 is 0 Å². The minimum atomic E-state index is 0.899. The first kappa shape index (κ1) is 15.8. The van der Waals surface area contributed by atoms with Gasteiger partial charge in [-0.1, -0.05) is 0 Å². The Balaban J connectivity index is 2.24. The fourth-order valence-corrected chi connectivity index (χ4v) is 6.69. The number of hydrogen-bond donors (Lipinski definition) is 2. The zero-order valence-corrected chi connectivity index (χ0v) is 16.7. The van der Waals surface area contributed by atoms with Gasteiger partial charge in [-0.25, -0.2) is 0 Å². The first-order valence-electron chi connectivity index (χ1n) is 8.43. The molecule has 0 aliphatic carbocycles. The van der Waals surface area contributed by atoms with Gasteiger partial charge in [0.25, 0.3) is 0 Å². The zero-order valence-electron chi connectivity index (χ0n) is 15.0. The standard InChI is InChI=1S/C20H18N4S2/c1-7-5-11-17(23-21)13-10(4)16-14(9(3)15(13)19(11)25-7)18(24-22)12-6-8(2)26-20(12)16/h5-6H,21-22H2,1-4H3/b23-17-,24-18-. The molecule has 0 aliphatic rings. The fraction of sp³-hybridized carbons (Fsp3) is 0.200. The van der Waals surface area contributed by atoms with Crippen molar-refractivity contribution in [2.24, 2.45) is 21.9 Å². The molecule has 5 rings (SSSR count). The molecule has 26 heavy (non-hydrogen) atoms. The summed E-state index contributed by atoms with van der Waals surface area (Å²) in [5, 5.41) is 17.3. The van der Waals surface area contributed by atoms with E-state index in [0.29, 0.717) is 0 Å². The van der Waals surface area contributed by atoms with Gasteiger partial charge in [0.15, 0.2) is 0 Å². The third kappa shape index (κ3) is 1.68. The molecule has 2 heterocycles. The van der Waals surface area contributed by atoms with Gasteiger partial charge in [0.05, 0.1) is 10.7 Å². The quantitative estimate of drug-likeness (QED) is 0.315. The minimum absolute atomic E-state index is 0.899. The summed E-state index contributed by atoms with van der Waals surface area (Å²) in [7, 11) is 0. The highest BCUT2D eigenvalue weighted by atomic mass is 32.1. The molecule has 0 radical (unpaired) electrons. The number of hydrogen-bond acceptors (Lipinski definition) is 6. The lowest BCUT2D eigenvalue weighted by molar-refractivity contribution is 1.17. The number of fused-ring (bicyclic) bond motifs is 6. The molecule has 0 aliphatic heterocycles. The van der Waals surface area contributed by atoms with Crippen molar-refractivity contribution in [2.75, 3.05) is 0 Å². The van der Waals surface area contributed by atoms with Gasteiger partial charge in [-0.15, -0.1) is 22.7 Å². The highest BCUT2D eigenvalue weighted by Crippen LogP contribution is 2.42. The second kappa shape index (κ2) is 5.05. The van der Waals surface area contributed by atoms with Crippen molar-refractivity contribution in [3.8, 4) is 0 Å². The van der Waals surface area contributed by atoms with Crippen LogP contribution in [0.25, 0.3) is 41.7 Å². The van der Waals surface area contributed by atoms with Gasteiger partial charge in [0.2, 0.25) is 0 Å². The van der Waals surface area contributed by atoms with Crippen molar-refractivity contribution in [3.63, 3.8) is 0 Å². The zero-order chi connectivity index (χ0) is 18.3. The summed E-state index contributed by atoms with van der Waals surface area (Å²) in [5.74, 6) is 11.7. The predicted molar refractivity (Wildman–Crippen MR) is 113 cm³/mol. The lowest BCUT2D eigenvalue weighted by Crippen LogP contribution is -2.07. The second-order valence-corrected chi connectivity index (χ2v) is 9.42. The van der Waals surface area contributed by atoms with Crippen LogP contribution in [0, 0.1) is 27.7 Å². The molecule has 0 saturated heterocycles. The van der Waals surface area contributed by atoms with Gasteiger partial charge in [-0.3, -0.25) is 0 Å². The molecule has 0 atom stereocenters. The molecule has 0 amide bonds. The predicted octanol–water partition coefficient (Wildman–Crippen LogP) is 4.08. The van der Waals surface area contributed by atoms with E-state index in [-0.39, 0.29) is 0 Å².